The van der Waals surface area contributed by atoms with Crippen LogP contribution in [0.4, 0.5) is 11.4 Å². The number of fused-ring (bicyclic) bond motifs is 3. The van der Waals surface area contributed by atoms with E-state index in [-0.39, 0.29) is 24.0 Å². The molecule has 1 saturated carbocycles. The molecule has 1 aliphatic heterocycles. The van der Waals surface area contributed by atoms with Crippen LogP contribution in [0.5, 0.6) is 11.5 Å². The number of aryl methyl sites for hydroxylation is 1. The molecule has 128 valence electrons. The second kappa shape index (κ2) is 5.15. The molecule has 0 saturated heterocycles. The van der Waals surface area contributed by atoms with E-state index in [1.807, 2.05) is 0 Å². The average Bonchev–Trinajstić information content (AvgIpc) is 3.15. The van der Waals surface area contributed by atoms with Gasteiger partial charge in [-0.15, -0.1) is 0 Å². The lowest BCUT2D eigenvalue weighted by Crippen LogP contribution is -2.25. The lowest BCUT2D eigenvalue weighted by Gasteiger charge is -2.26. The molecule has 1 spiro atoms. The van der Waals surface area contributed by atoms with Gasteiger partial charge in [-0.25, -0.2) is 0 Å². The topological polar surface area (TPSA) is 73.6 Å². The van der Waals surface area contributed by atoms with Crippen molar-refractivity contribution in [3.05, 3.63) is 47.5 Å². The smallest absolute Gasteiger partial charge is 0.231 e. The van der Waals surface area contributed by atoms with Gasteiger partial charge in [0, 0.05) is 23.5 Å². The van der Waals surface area contributed by atoms with Gasteiger partial charge in [-0.3, -0.25) is 4.79 Å². The van der Waals surface area contributed by atoms with Gasteiger partial charge in [0.05, 0.1) is 11.4 Å². The molecule has 2 aromatic carbocycles. The number of nitrogens with two attached hydrogens (primary N) is 1. The quantitative estimate of drug-likeness (QED) is 0.826. The summed E-state index contributed by atoms with van der Waals surface area (Å²) in [6.45, 7) is 0.189. The number of amides is 1. The first-order valence-electron chi connectivity index (χ1n) is 8.76. The van der Waals surface area contributed by atoms with Crippen LogP contribution in [0.3, 0.4) is 0 Å². The highest BCUT2D eigenvalue weighted by molar-refractivity contribution is 5.99. The predicted octanol–water partition coefficient (Wildman–Crippen LogP) is 3.23. The molecule has 2 aromatic rings. The molecule has 3 N–H and O–H groups in total. The van der Waals surface area contributed by atoms with Crippen LogP contribution < -0.4 is 20.5 Å². The van der Waals surface area contributed by atoms with E-state index in [1.54, 1.807) is 12.1 Å². The van der Waals surface area contributed by atoms with Crippen molar-refractivity contribution in [3.8, 4) is 11.5 Å². The Bertz CT molecular complexity index is 879. The first kappa shape index (κ1) is 14.6. The molecule has 0 radical (unpaired) electrons. The summed E-state index contributed by atoms with van der Waals surface area (Å²) in [7, 11) is 0. The van der Waals surface area contributed by atoms with Crippen LogP contribution in [0.2, 0.25) is 0 Å². The Morgan fingerprint density at radius 3 is 2.88 bits per heavy atom. The Balaban J connectivity index is 1.39. The van der Waals surface area contributed by atoms with Gasteiger partial charge in [0.15, 0.2) is 11.5 Å². The molecule has 0 bridgehead atoms. The number of carbonyl (C=O) groups excluding carboxylic acids is 1. The SMILES string of the molecule is Nc1cc2c(cc1NC(=O)C1CC13CCCc1ccccc13)OCO2. The molecule has 5 rings (SSSR count). The highest BCUT2D eigenvalue weighted by Gasteiger charge is 2.60. The van der Waals surface area contributed by atoms with Crippen molar-refractivity contribution in [1.29, 1.82) is 0 Å². The summed E-state index contributed by atoms with van der Waals surface area (Å²) < 4.78 is 10.7. The number of anilines is 2. The minimum Gasteiger partial charge on any atom is -0.454 e. The summed E-state index contributed by atoms with van der Waals surface area (Å²) in [5, 5.41) is 3.00. The van der Waals surface area contributed by atoms with Gasteiger partial charge in [-0.2, -0.15) is 0 Å². The Hall–Kier alpha value is -2.69. The minimum absolute atomic E-state index is 0.0128. The molecule has 2 atom stereocenters. The van der Waals surface area contributed by atoms with E-state index in [2.05, 4.69) is 29.6 Å². The molecule has 2 unspecified atom stereocenters. The second-order valence-corrected chi connectivity index (χ2v) is 7.21. The van der Waals surface area contributed by atoms with Crippen LogP contribution in [0, 0.1) is 5.92 Å². The lowest BCUT2D eigenvalue weighted by atomic mass is 9.78. The van der Waals surface area contributed by atoms with Gasteiger partial charge in [0.25, 0.3) is 0 Å². The molecular weight excluding hydrogens is 316 g/mol. The van der Waals surface area contributed by atoms with Crippen LogP contribution in [-0.4, -0.2) is 12.7 Å². The van der Waals surface area contributed by atoms with Gasteiger partial charge in [-0.1, -0.05) is 24.3 Å². The normalized spacial score (nSPS) is 25.5. The van der Waals surface area contributed by atoms with Gasteiger partial charge >= 0.3 is 0 Å². The number of rotatable bonds is 2. The van der Waals surface area contributed by atoms with E-state index in [1.165, 1.54) is 11.1 Å². The average molecular weight is 336 g/mol. The second-order valence-electron chi connectivity index (χ2n) is 7.21. The number of nitrogens with one attached hydrogen (secondary N) is 1. The number of carbonyl (C=O) groups is 1. The molecule has 3 aliphatic rings. The fourth-order valence-corrected chi connectivity index (χ4v) is 4.46. The fourth-order valence-electron chi connectivity index (χ4n) is 4.46. The molecule has 1 fully saturated rings. The Morgan fingerprint density at radius 1 is 1.20 bits per heavy atom. The van der Waals surface area contributed by atoms with E-state index in [4.69, 9.17) is 15.2 Å². The van der Waals surface area contributed by atoms with Gasteiger partial charge in [0.2, 0.25) is 12.7 Å². The first-order valence-corrected chi connectivity index (χ1v) is 8.76. The largest absolute Gasteiger partial charge is 0.454 e. The summed E-state index contributed by atoms with van der Waals surface area (Å²) in [6.07, 6.45) is 4.26. The Kier molecular flexibility index (Phi) is 3.02. The van der Waals surface area contributed by atoms with Crippen molar-refractivity contribution in [1.82, 2.24) is 0 Å². The molecule has 5 nitrogen and oxygen atoms in total. The van der Waals surface area contributed by atoms with E-state index in [0.717, 1.165) is 25.7 Å². The van der Waals surface area contributed by atoms with Crippen molar-refractivity contribution < 1.29 is 14.3 Å². The van der Waals surface area contributed by atoms with E-state index in [0.29, 0.717) is 22.9 Å². The van der Waals surface area contributed by atoms with Gasteiger partial charge < -0.3 is 20.5 Å². The lowest BCUT2D eigenvalue weighted by molar-refractivity contribution is -0.117. The fraction of sp³-hybridized carbons (Fsp3) is 0.350. The molecular formula is C20H20N2O3. The summed E-state index contributed by atoms with van der Waals surface area (Å²) in [5.74, 6) is 1.30. The van der Waals surface area contributed by atoms with Crippen LogP contribution >= 0.6 is 0 Å². The van der Waals surface area contributed by atoms with Crippen LogP contribution in [0.25, 0.3) is 0 Å². The van der Waals surface area contributed by atoms with Crippen molar-refractivity contribution in [2.45, 2.75) is 31.1 Å². The van der Waals surface area contributed by atoms with E-state index < -0.39 is 0 Å². The van der Waals surface area contributed by atoms with Crippen molar-refractivity contribution in [2.75, 3.05) is 17.8 Å². The number of hydrogen-bond acceptors (Lipinski definition) is 4. The Morgan fingerprint density at radius 2 is 2.00 bits per heavy atom. The number of nitrogen functional groups attached to an aromatic ring is 1. The molecule has 2 aliphatic carbocycles. The van der Waals surface area contributed by atoms with Gasteiger partial charge in [-0.05, 0) is 36.8 Å². The summed E-state index contributed by atoms with van der Waals surface area (Å²) in [5.41, 5.74) is 9.93. The first-order chi connectivity index (χ1) is 12.2. The van der Waals surface area contributed by atoms with Gasteiger partial charge in [0.1, 0.15) is 0 Å². The van der Waals surface area contributed by atoms with Crippen LogP contribution in [0.15, 0.2) is 36.4 Å². The predicted molar refractivity (Wildman–Crippen MR) is 94.8 cm³/mol. The molecule has 25 heavy (non-hydrogen) atoms. The van der Waals surface area contributed by atoms with Crippen molar-refractivity contribution >= 4 is 17.3 Å². The Labute approximate surface area is 146 Å². The monoisotopic (exact) mass is 336 g/mol. The maximum atomic E-state index is 12.9. The maximum Gasteiger partial charge on any atom is 0.231 e. The molecule has 5 heteroatoms. The highest BCUT2D eigenvalue weighted by Crippen LogP contribution is 2.60. The zero-order valence-electron chi connectivity index (χ0n) is 13.9. The zero-order valence-corrected chi connectivity index (χ0v) is 13.9. The third kappa shape index (κ3) is 2.18. The summed E-state index contributed by atoms with van der Waals surface area (Å²) in [6, 6.07) is 12.0. The third-order valence-electron chi connectivity index (χ3n) is 5.82. The minimum atomic E-state index is 0.0128. The number of hydrogen-bond donors (Lipinski definition) is 2. The molecule has 1 amide bonds. The zero-order chi connectivity index (χ0) is 17.0. The third-order valence-corrected chi connectivity index (χ3v) is 5.82. The number of benzene rings is 2. The standard InChI is InChI=1S/C20H20N2O3/c21-15-8-17-18(25-11-24-17)9-16(15)22-19(23)14-10-20(14)7-3-5-12-4-1-2-6-13(12)20/h1-2,4,6,8-9,14H,3,5,7,10-11,21H2,(H,22,23). The van der Waals surface area contributed by atoms with E-state index in [9.17, 15) is 4.79 Å². The van der Waals surface area contributed by atoms with Crippen LogP contribution in [-0.2, 0) is 16.6 Å². The summed E-state index contributed by atoms with van der Waals surface area (Å²) >= 11 is 0. The van der Waals surface area contributed by atoms with Crippen LogP contribution in [0.1, 0.15) is 30.4 Å². The number of ether oxygens (including phenoxy) is 2. The van der Waals surface area contributed by atoms with Crippen molar-refractivity contribution in [3.63, 3.8) is 0 Å². The summed E-state index contributed by atoms with van der Waals surface area (Å²) in [4.78, 5) is 12.9. The highest BCUT2D eigenvalue weighted by atomic mass is 16.7. The maximum absolute atomic E-state index is 12.9. The molecule has 1 heterocycles. The van der Waals surface area contributed by atoms with Crippen molar-refractivity contribution in [2.24, 2.45) is 5.92 Å². The van der Waals surface area contributed by atoms with E-state index >= 15 is 0 Å². The molecule has 0 aromatic heterocycles.